The Hall–Kier alpha value is -1.37. The van der Waals surface area contributed by atoms with E-state index in [-0.39, 0.29) is 0 Å². The van der Waals surface area contributed by atoms with Crippen LogP contribution in [0.1, 0.15) is 17.0 Å². The van der Waals surface area contributed by atoms with E-state index in [2.05, 4.69) is 40.6 Å². The van der Waals surface area contributed by atoms with Gasteiger partial charge in [-0.1, -0.05) is 17.7 Å². The molecule has 0 bridgehead atoms. The van der Waals surface area contributed by atoms with E-state index in [1.54, 1.807) is 18.9 Å². The van der Waals surface area contributed by atoms with Gasteiger partial charge in [0.05, 0.1) is 6.61 Å². The number of methoxy groups -OCH3 is 1. The standard InChI is InChI=1S/C15H22N4OS/c1-11-5-6-14(13(9-11)10-16-7-8-20-4)21-15-18-17-12(2)19(15)3/h5-6,9,16H,7-8,10H2,1-4H3. The number of ether oxygens (including phenoxy) is 1. The molecule has 114 valence electrons. The average molecular weight is 306 g/mol. The van der Waals surface area contributed by atoms with Crippen LogP contribution in [0, 0.1) is 13.8 Å². The van der Waals surface area contributed by atoms with Gasteiger partial charge in [-0.3, -0.25) is 0 Å². The molecule has 0 atom stereocenters. The Morgan fingerprint density at radius 2 is 2.10 bits per heavy atom. The number of aromatic nitrogens is 3. The quantitative estimate of drug-likeness (QED) is 0.796. The summed E-state index contributed by atoms with van der Waals surface area (Å²) in [5, 5.41) is 12.6. The van der Waals surface area contributed by atoms with Crippen LogP contribution < -0.4 is 5.32 Å². The maximum absolute atomic E-state index is 5.06. The van der Waals surface area contributed by atoms with Crippen LogP contribution in [0.15, 0.2) is 28.3 Å². The average Bonchev–Trinajstić information content (AvgIpc) is 2.78. The minimum Gasteiger partial charge on any atom is -0.383 e. The zero-order chi connectivity index (χ0) is 15.2. The second kappa shape index (κ2) is 7.59. The van der Waals surface area contributed by atoms with Gasteiger partial charge in [-0.2, -0.15) is 0 Å². The molecule has 0 unspecified atom stereocenters. The Bertz CT molecular complexity index is 597. The zero-order valence-electron chi connectivity index (χ0n) is 13.0. The molecule has 0 aliphatic rings. The molecule has 6 heteroatoms. The summed E-state index contributed by atoms with van der Waals surface area (Å²) in [4.78, 5) is 1.21. The summed E-state index contributed by atoms with van der Waals surface area (Å²) in [6.45, 7) is 6.46. The number of rotatable bonds is 7. The molecular formula is C15H22N4OS. The highest BCUT2D eigenvalue weighted by Crippen LogP contribution is 2.29. The maximum Gasteiger partial charge on any atom is 0.195 e. The largest absolute Gasteiger partial charge is 0.383 e. The van der Waals surface area contributed by atoms with E-state index in [4.69, 9.17) is 4.74 Å². The molecular weight excluding hydrogens is 284 g/mol. The smallest absolute Gasteiger partial charge is 0.195 e. The van der Waals surface area contributed by atoms with E-state index in [1.165, 1.54) is 16.0 Å². The Morgan fingerprint density at radius 3 is 2.76 bits per heavy atom. The minimum absolute atomic E-state index is 0.719. The molecule has 0 fully saturated rings. The van der Waals surface area contributed by atoms with Crippen molar-refractivity contribution in [2.24, 2.45) is 7.05 Å². The van der Waals surface area contributed by atoms with Crippen LogP contribution in [0.3, 0.4) is 0 Å². The monoisotopic (exact) mass is 306 g/mol. The van der Waals surface area contributed by atoms with Gasteiger partial charge in [0.25, 0.3) is 0 Å². The summed E-state index contributed by atoms with van der Waals surface area (Å²) in [5.41, 5.74) is 2.54. The first-order valence-corrected chi connectivity index (χ1v) is 7.76. The fourth-order valence-electron chi connectivity index (χ4n) is 1.92. The lowest BCUT2D eigenvalue weighted by atomic mass is 10.1. The molecule has 2 aromatic rings. The van der Waals surface area contributed by atoms with Crippen molar-refractivity contribution in [1.29, 1.82) is 0 Å². The van der Waals surface area contributed by atoms with Crippen molar-refractivity contribution in [3.8, 4) is 0 Å². The van der Waals surface area contributed by atoms with Crippen LogP contribution >= 0.6 is 11.8 Å². The van der Waals surface area contributed by atoms with Gasteiger partial charge in [-0.25, -0.2) is 0 Å². The van der Waals surface area contributed by atoms with Crippen LogP contribution in [0.25, 0.3) is 0 Å². The van der Waals surface area contributed by atoms with Crippen molar-refractivity contribution in [3.05, 3.63) is 35.2 Å². The number of hydrogen-bond donors (Lipinski definition) is 1. The molecule has 0 amide bonds. The van der Waals surface area contributed by atoms with Gasteiger partial charge in [-0.15, -0.1) is 10.2 Å². The van der Waals surface area contributed by atoms with Crippen molar-refractivity contribution < 1.29 is 4.74 Å². The highest BCUT2D eigenvalue weighted by Gasteiger charge is 2.10. The Morgan fingerprint density at radius 1 is 1.29 bits per heavy atom. The predicted molar refractivity (Wildman–Crippen MR) is 84.6 cm³/mol. The van der Waals surface area contributed by atoms with E-state index < -0.39 is 0 Å². The van der Waals surface area contributed by atoms with Gasteiger partial charge >= 0.3 is 0 Å². The molecule has 21 heavy (non-hydrogen) atoms. The Balaban J connectivity index is 2.12. The van der Waals surface area contributed by atoms with Crippen molar-refractivity contribution in [2.45, 2.75) is 30.4 Å². The molecule has 0 aliphatic heterocycles. The SMILES string of the molecule is COCCNCc1cc(C)ccc1Sc1nnc(C)n1C. The van der Waals surface area contributed by atoms with Crippen molar-refractivity contribution >= 4 is 11.8 Å². The molecule has 0 saturated carbocycles. The lowest BCUT2D eigenvalue weighted by Crippen LogP contribution is -2.19. The van der Waals surface area contributed by atoms with Gasteiger partial charge < -0.3 is 14.6 Å². The summed E-state index contributed by atoms with van der Waals surface area (Å²) < 4.78 is 7.07. The molecule has 0 spiro atoms. The van der Waals surface area contributed by atoms with Gasteiger partial charge in [-0.05, 0) is 37.2 Å². The summed E-state index contributed by atoms with van der Waals surface area (Å²) in [6, 6.07) is 6.49. The number of nitrogens with one attached hydrogen (secondary N) is 1. The molecule has 0 radical (unpaired) electrons. The zero-order valence-corrected chi connectivity index (χ0v) is 13.8. The van der Waals surface area contributed by atoms with Crippen molar-refractivity contribution in [2.75, 3.05) is 20.3 Å². The van der Waals surface area contributed by atoms with Gasteiger partial charge in [0, 0.05) is 32.1 Å². The molecule has 5 nitrogen and oxygen atoms in total. The lowest BCUT2D eigenvalue weighted by molar-refractivity contribution is 0.199. The third kappa shape index (κ3) is 4.30. The van der Waals surface area contributed by atoms with E-state index in [0.717, 1.165) is 30.7 Å². The fourth-order valence-corrected chi connectivity index (χ4v) is 2.86. The number of aryl methyl sites for hydroxylation is 2. The fraction of sp³-hybridized carbons (Fsp3) is 0.467. The molecule has 1 N–H and O–H groups in total. The molecule has 0 aliphatic carbocycles. The first-order chi connectivity index (χ1) is 10.1. The second-order valence-corrected chi connectivity index (χ2v) is 5.98. The number of nitrogens with zero attached hydrogens (tertiary/aromatic N) is 3. The van der Waals surface area contributed by atoms with Gasteiger partial charge in [0.15, 0.2) is 5.16 Å². The summed E-state index contributed by atoms with van der Waals surface area (Å²) in [5.74, 6) is 0.921. The van der Waals surface area contributed by atoms with Crippen LogP contribution in [0.5, 0.6) is 0 Å². The summed E-state index contributed by atoms with van der Waals surface area (Å²) >= 11 is 1.65. The molecule has 2 rings (SSSR count). The highest BCUT2D eigenvalue weighted by molar-refractivity contribution is 7.99. The Labute approximate surface area is 130 Å². The Kier molecular flexibility index (Phi) is 5.78. The van der Waals surface area contributed by atoms with Gasteiger partial charge in [0.1, 0.15) is 5.82 Å². The number of hydrogen-bond acceptors (Lipinski definition) is 5. The topological polar surface area (TPSA) is 52.0 Å². The summed E-state index contributed by atoms with van der Waals surface area (Å²) in [7, 11) is 3.70. The molecule has 1 heterocycles. The maximum atomic E-state index is 5.06. The van der Waals surface area contributed by atoms with Crippen LogP contribution in [-0.4, -0.2) is 35.0 Å². The number of benzene rings is 1. The molecule has 1 aromatic heterocycles. The van der Waals surface area contributed by atoms with Crippen molar-refractivity contribution in [1.82, 2.24) is 20.1 Å². The van der Waals surface area contributed by atoms with Crippen molar-refractivity contribution in [3.63, 3.8) is 0 Å². The van der Waals surface area contributed by atoms with E-state index in [1.807, 2.05) is 18.5 Å². The lowest BCUT2D eigenvalue weighted by Gasteiger charge is -2.11. The molecule has 1 aromatic carbocycles. The van der Waals surface area contributed by atoms with Gasteiger partial charge in [0.2, 0.25) is 0 Å². The van der Waals surface area contributed by atoms with Crippen LogP contribution in [0.2, 0.25) is 0 Å². The summed E-state index contributed by atoms with van der Waals surface area (Å²) in [6.07, 6.45) is 0. The highest BCUT2D eigenvalue weighted by atomic mass is 32.2. The third-order valence-corrected chi connectivity index (χ3v) is 4.42. The van der Waals surface area contributed by atoms with E-state index in [9.17, 15) is 0 Å². The molecule has 0 saturated heterocycles. The third-order valence-electron chi connectivity index (χ3n) is 3.27. The van der Waals surface area contributed by atoms with E-state index in [0.29, 0.717) is 0 Å². The normalized spacial score (nSPS) is 11.0. The first-order valence-electron chi connectivity index (χ1n) is 6.95. The van der Waals surface area contributed by atoms with Crippen LogP contribution in [-0.2, 0) is 18.3 Å². The second-order valence-electron chi connectivity index (χ2n) is 4.97. The van der Waals surface area contributed by atoms with Crippen LogP contribution in [0.4, 0.5) is 0 Å². The minimum atomic E-state index is 0.719. The first kappa shape index (κ1) is 16.0. The predicted octanol–water partition coefficient (Wildman–Crippen LogP) is 2.32. The van der Waals surface area contributed by atoms with E-state index >= 15 is 0 Å².